The van der Waals surface area contributed by atoms with Crippen LogP contribution in [0, 0.1) is 6.92 Å². The standard InChI is InChI=1S/C19H25N5O2/c1-15-21-17(19(25)23(2)16-6-4-3-5-7-16)14-18(22-15)20-8-9-24-10-12-26-13-11-24/h3-7,14H,8-13H2,1-2H3,(H,20,21,22). The number of nitrogens with one attached hydrogen (secondary N) is 1. The molecule has 0 radical (unpaired) electrons. The van der Waals surface area contributed by atoms with E-state index in [0.29, 0.717) is 17.3 Å². The van der Waals surface area contributed by atoms with Gasteiger partial charge in [-0.15, -0.1) is 0 Å². The van der Waals surface area contributed by atoms with Crippen LogP contribution in [0.15, 0.2) is 36.4 Å². The molecule has 1 fully saturated rings. The van der Waals surface area contributed by atoms with Gasteiger partial charge in [-0.3, -0.25) is 9.69 Å². The zero-order chi connectivity index (χ0) is 18.4. The summed E-state index contributed by atoms with van der Waals surface area (Å²) in [5.41, 5.74) is 1.22. The summed E-state index contributed by atoms with van der Waals surface area (Å²) in [5.74, 6) is 1.10. The van der Waals surface area contributed by atoms with E-state index in [1.165, 1.54) is 0 Å². The van der Waals surface area contributed by atoms with Gasteiger partial charge in [0.25, 0.3) is 5.91 Å². The Bertz CT molecular complexity index is 732. The molecule has 0 unspecified atom stereocenters. The molecule has 1 saturated heterocycles. The lowest BCUT2D eigenvalue weighted by molar-refractivity contribution is 0.0398. The molecular formula is C19H25N5O2. The van der Waals surface area contributed by atoms with Gasteiger partial charge in [0.2, 0.25) is 0 Å². The topological polar surface area (TPSA) is 70.6 Å². The quantitative estimate of drug-likeness (QED) is 0.852. The Labute approximate surface area is 154 Å². The molecule has 3 rings (SSSR count). The zero-order valence-electron chi connectivity index (χ0n) is 15.3. The minimum atomic E-state index is -0.155. The van der Waals surface area contributed by atoms with Gasteiger partial charge >= 0.3 is 0 Å². The van der Waals surface area contributed by atoms with E-state index in [1.54, 1.807) is 24.9 Å². The highest BCUT2D eigenvalue weighted by molar-refractivity contribution is 6.04. The number of nitrogens with zero attached hydrogens (tertiary/aromatic N) is 4. The fourth-order valence-electron chi connectivity index (χ4n) is 2.88. The average Bonchev–Trinajstić information content (AvgIpc) is 2.68. The largest absolute Gasteiger partial charge is 0.379 e. The predicted octanol–water partition coefficient (Wildman–Crippen LogP) is 1.81. The molecule has 1 amide bonds. The highest BCUT2D eigenvalue weighted by Crippen LogP contribution is 2.15. The number of amides is 1. The molecule has 1 aliphatic rings. The first kappa shape index (κ1) is 18.3. The molecular weight excluding hydrogens is 330 g/mol. The van der Waals surface area contributed by atoms with Crippen molar-refractivity contribution in [2.75, 3.05) is 56.7 Å². The number of hydrogen-bond donors (Lipinski definition) is 1. The Balaban J connectivity index is 1.64. The molecule has 0 spiro atoms. The van der Waals surface area contributed by atoms with Crippen LogP contribution in [0.1, 0.15) is 16.3 Å². The van der Waals surface area contributed by atoms with Crippen molar-refractivity contribution in [1.82, 2.24) is 14.9 Å². The number of hydrogen-bond acceptors (Lipinski definition) is 6. The van der Waals surface area contributed by atoms with Crippen molar-refractivity contribution >= 4 is 17.4 Å². The van der Waals surface area contributed by atoms with E-state index < -0.39 is 0 Å². The highest BCUT2D eigenvalue weighted by atomic mass is 16.5. The van der Waals surface area contributed by atoms with Crippen LogP contribution in [0.5, 0.6) is 0 Å². The number of para-hydroxylation sites is 1. The van der Waals surface area contributed by atoms with E-state index >= 15 is 0 Å². The first-order valence-corrected chi connectivity index (χ1v) is 8.86. The predicted molar refractivity (Wildman–Crippen MR) is 102 cm³/mol. The minimum Gasteiger partial charge on any atom is -0.379 e. The number of ether oxygens (including phenoxy) is 1. The lowest BCUT2D eigenvalue weighted by Crippen LogP contribution is -2.39. The molecule has 0 aliphatic carbocycles. The molecule has 0 saturated carbocycles. The van der Waals surface area contributed by atoms with E-state index in [4.69, 9.17) is 4.74 Å². The van der Waals surface area contributed by atoms with Crippen molar-refractivity contribution < 1.29 is 9.53 Å². The smallest absolute Gasteiger partial charge is 0.276 e. The third kappa shape index (κ3) is 4.77. The van der Waals surface area contributed by atoms with Gasteiger partial charge in [-0.2, -0.15) is 0 Å². The molecule has 26 heavy (non-hydrogen) atoms. The van der Waals surface area contributed by atoms with Crippen molar-refractivity contribution in [1.29, 1.82) is 0 Å². The summed E-state index contributed by atoms with van der Waals surface area (Å²) in [6, 6.07) is 11.2. The lowest BCUT2D eigenvalue weighted by Gasteiger charge is -2.26. The summed E-state index contributed by atoms with van der Waals surface area (Å²) in [6.45, 7) is 6.96. The summed E-state index contributed by atoms with van der Waals surface area (Å²) < 4.78 is 5.36. The van der Waals surface area contributed by atoms with Crippen LogP contribution in [0.3, 0.4) is 0 Å². The van der Waals surface area contributed by atoms with Crippen LogP contribution in [-0.4, -0.2) is 67.2 Å². The van der Waals surface area contributed by atoms with Crippen LogP contribution in [0.2, 0.25) is 0 Å². The zero-order valence-corrected chi connectivity index (χ0v) is 15.3. The first-order valence-electron chi connectivity index (χ1n) is 8.86. The van der Waals surface area contributed by atoms with E-state index in [9.17, 15) is 4.79 Å². The number of morpholine rings is 1. The highest BCUT2D eigenvalue weighted by Gasteiger charge is 2.17. The number of rotatable bonds is 6. The van der Waals surface area contributed by atoms with Crippen LogP contribution in [-0.2, 0) is 4.74 Å². The molecule has 2 heterocycles. The number of aromatic nitrogens is 2. The maximum Gasteiger partial charge on any atom is 0.276 e. The Hall–Kier alpha value is -2.51. The van der Waals surface area contributed by atoms with Gasteiger partial charge in [-0.1, -0.05) is 18.2 Å². The Kier molecular flexibility index (Phi) is 6.14. The summed E-state index contributed by atoms with van der Waals surface area (Å²) in [5, 5.41) is 3.30. The van der Waals surface area contributed by atoms with Crippen LogP contribution < -0.4 is 10.2 Å². The van der Waals surface area contributed by atoms with Gasteiger partial charge < -0.3 is 15.0 Å². The van der Waals surface area contributed by atoms with Crippen molar-refractivity contribution in [3.63, 3.8) is 0 Å². The fourth-order valence-corrected chi connectivity index (χ4v) is 2.88. The monoisotopic (exact) mass is 355 g/mol. The van der Waals surface area contributed by atoms with Gasteiger partial charge in [-0.05, 0) is 19.1 Å². The molecule has 1 aliphatic heterocycles. The van der Waals surface area contributed by atoms with E-state index in [-0.39, 0.29) is 5.91 Å². The third-order valence-corrected chi connectivity index (χ3v) is 4.34. The molecule has 1 aromatic carbocycles. The van der Waals surface area contributed by atoms with Crippen LogP contribution in [0.25, 0.3) is 0 Å². The van der Waals surface area contributed by atoms with Crippen molar-refractivity contribution in [2.24, 2.45) is 0 Å². The van der Waals surface area contributed by atoms with Gasteiger partial charge in [0.05, 0.1) is 13.2 Å². The molecule has 2 aromatic rings. The number of anilines is 2. The van der Waals surface area contributed by atoms with Gasteiger partial charge in [-0.25, -0.2) is 9.97 Å². The third-order valence-electron chi connectivity index (χ3n) is 4.34. The van der Waals surface area contributed by atoms with E-state index in [0.717, 1.165) is 45.1 Å². The molecule has 7 heteroatoms. The van der Waals surface area contributed by atoms with Gasteiger partial charge in [0, 0.05) is 45.0 Å². The summed E-state index contributed by atoms with van der Waals surface area (Å²) in [6.07, 6.45) is 0. The van der Waals surface area contributed by atoms with E-state index in [1.807, 2.05) is 30.3 Å². The second-order valence-electron chi connectivity index (χ2n) is 6.27. The number of benzene rings is 1. The Morgan fingerprint density at radius 1 is 1.23 bits per heavy atom. The molecule has 138 valence electrons. The molecule has 0 bridgehead atoms. The van der Waals surface area contributed by atoms with Gasteiger partial charge in [0.1, 0.15) is 17.3 Å². The SMILES string of the molecule is Cc1nc(NCCN2CCOCC2)cc(C(=O)N(C)c2ccccc2)n1. The Morgan fingerprint density at radius 3 is 2.69 bits per heavy atom. The van der Waals surface area contributed by atoms with Crippen molar-refractivity contribution in [3.05, 3.63) is 47.9 Å². The minimum absolute atomic E-state index is 0.155. The fraction of sp³-hybridized carbons (Fsp3) is 0.421. The molecule has 7 nitrogen and oxygen atoms in total. The van der Waals surface area contributed by atoms with Gasteiger partial charge in [0.15, 0.2) is 0 Å². The molecule has 1 aromatic heterocycles. The maximum atomic E-state index is 12.8. The lowest BCUT2D eigenvalue weighted by atomic mass is 10.2. The number of aryl methyl sites for hydroxylation is 1. The summed E-state index contributed by atoms with van der Waals surface area (Å²) in [7, 11) is 1.75. The normalized spacial score (nSPS) is 14.8. The van der Waals surface area contributed by atoms with Crippen LogP contribution in [0.4, 0.5) is 11.5 Å². The van der Waals surface area contributed by atoms with Crippen molar-refractivity contribution in [2.45, 2.75) is 6.92 Å². The van der Waals surface area contributed by atoms with Crippen LogP contribution >= 0.6 is 0 Å². The number of carbonyl (C=O) groups excluding carboxylic acids is 1. The summed E-state index contributed by atoms with van der Waals surface area (Å²) >= 11 is 0. The molecule has 0 atom stereocenters. The second kappa shape index (κ2) is 8.73. The second-order valence-corrected chi connectivity index (χ2v) is 6.27. The molecule has 1 N–H and O–H groups in total. The average molecular weight is 355 g/mol. The van der Waals surface area contributed by atoms with Crippen molar-refractivity contribution in [3.8, 4) is 0 Å². The first-order chi connectivity index (χ1) is 12.6. The number of carbonyl (C=O) groups is 1. The Morgan fingerprint density at radius 2 is 1.96 bits per heavy atom. The maximum absolute atomic E-state index is 12.8. The van der Waals surface area contributed by atoms with E-state index in [2.05, 4.69) is 20.2 Å². The summed E-state index contributed by atoms with van der Waals surface area (Å²) in [4.78, 5) is 25.4.